The second-order valence-electron chi connectivity index (χ2n) is 4.37. The molecule has 0 bridgehead atoms. The van der Waals surface area contributed by atoms with Gasteiger partial charge in [-0.1, -0.05) is 23.7 Å². The molecular weight excluding hydrogens is 262 g/mol. The van der Waals surface area contributed by atoms with Crippen LogP contribution in [-0.2, 0) is 0 Å². The van der Waals surface area contributed by atoms with Crippen LogP contribution in [0.25, 0.3) is 0 Å². The van der Waals surface area contributed by atoms with E-state index in [0.29, 0.717) is 5.56 Å². The number of aryl methyl sites for hydroxylation is 1. The minimum absolute atomic E-state index is 0.0311. The van der Waals surface area contributed by atoms with E-state index in [1.807, 2.05) is 31.2 Å². The fourth-order valence-electron chi connectivity index (χ4n) is 1.79. The van der Waals surface area contributed by atoms with Gasteiger partial charge in [-0.25, -0.2) is 0 Å². The van der Waals surface area contributed by atoms with Gasteiger partial charge in [0.15, 0.2) is 0 Å². The van der Waals surface area contributed by atoms with Crippen LogP contribution in [0.1, 0.15) is 15.9 Å². The molecule has 0 unspecified atom stereocenters. The number of amides is 1. The lowest BCUT2D eigenvalue weighted by molar-refractivity contribution is 0.0993. The van der Waals surface area contributed by atoms with Gasteiger partial charge in [0.05, 0.1) is 5.02 Å². The summed E-state index contributed by atoms with van der Waals surface area (Å²) in [4.78, 5) is 13.9. The van der Waals surface area contributed by atoms with E-state index in [4.69, 9.17) is 11.6 Å². The highest BCUT2D eigenvalue weighted by Crippen LogP contribution is 2.25. The molecule has 0 saturated heterocycles. The Morgan fingerprint density at radius 1 is 1.21 bits per heavy atom. The third-order valence-corrected chi connectivity index (χ3v) is 3.19. The van der Waals surface area contributed by atoms with Crippen molar-refractivity contribution in [3.8, 4) is 5.75 Å². The molecule has 0 heterocycles. The summed E-state index contributed by atoms with van der Waals surface area (Å²) in [5.41, 5.74) is 2.34. The van der Waals surface area contributed by atoms with E-state index in [-0.39, 0.29) is 16.7 Å². The summed E-state index contributed by atoms with van der Waals surface area (Å²) in [7, 11) is 1.71. The van der Waals surface area contributed by atoms with Crippen molar-refractivity contribution in [2.75, 3.05) is 11.9 Å². The van der Waals surface area contributed by atoms with Gasteiger partial charge < -0.3 is 10.0 Å². The molecule has 2 rings (SSSR count). The second kappa shape index (κ2) is 5.33. The SMILES string of the molecule is Cc1cccc(N(C)C(=O)c2ccc(O)c(Cl)c2)c1. The Balaban J connectivity index is 2.30. The first-order valence-electron chi connectivity index (χ1n) is 5.82. The molecule has 4 heteroatoms. The largest absolute Gasteiger partial charge is 0.506 e. The Bertz CT molecular complexity index is 625. The monoisotopic (exact) mass is 275 g/mol. The molecule has 0 aliphatic rings. The molecule has 0 aliphatic heterocycles. The minimum atomic E-state index is -0.174. The number of rotatable bonds is 2. The summed E-state index contributed by atoms with van der Waals surface area (Å²) in [6.07, 6.45) is 0. The van der Waals surface area contributed by atoms with E-state index < -0.39 is 0 Å². The van der Waals surface area contributed by atoms with Crippen LogP contribution in [0.2, 0.25) is 5.02 Å². The standard InChI is InChI=1S/C15H14ClNO2/c1-10-4-3-5-12(8-10)17(2)15(19)11-6-7-14(18)13(16)9-11/h3-9,18H,1-2H3. The third-order valence-electron chi connectivity index (χ3n) is 2.89. The summed E-state index contributed by atoms with van der Waals surface area (Å²) in [6, 6.07) is 12.1. The first-order chi connectivity index (χ1) is 8.99. The molecule has 3 nitrogen and oxygen atoms in total. The quantitative estimate of drug-likeness (QED) is 0.909. The fraction of sp³-hybridized carbons (Fsp3) is 0.133. The molecule has 0 aromatic heterocycles. The molecule has 0 fully saturated rings. The number of phenols is 1. The van der Waals surface area contributed by atoms with Crippen molar-refractivity contribution in [1.82, 2.24) is 0 Å². The van der Waals surface area contributed by atoms with E-state index in [1.54, 1.807) is 18.0 Å². The Labute approximate surface area is 117 Å². The van der Waals surface area contributed by atoms with Gasteiger partial charge in [0.25, 0.3) is 5.91 Å². The fourth-order valence-corrected chi connectivity index (χ4v) is 1.97. The maximum atomic E-state index is 12.3. The summed E-state index contributed by atoms with van der Waals surface area (Å²) >= 11 is 5.81. The predicted molar refractivity (Wildman–Crippen MR) is 77.0 cm³/mol. The second-order valence-corrected chi connectivity index (χ2v) is 4.78. The maximum Gasteiger partial charge on any atom is 0.258 e. The van der Waals surface area contributed by atoms with Crippen molar-refractivity contribution >= 4 is 23.2 Å². The van der Waals surface area contributed by atoms with E-state index in [2.05, 4.69) is 0 Å². The zero-order valence-electron chi connectivity index (χ0n) is 10.7. The molecule has 2 aromatic carbocycles. The number of phenolic OH excluding ortho intramolecular Hbond substituents is 1. The number of hydrogen-bond donors (Lipinski definition) is 1. The summed E-state index contributed by atoms with van der Waals surface area (Å²) in [5, 5.41) is 9.53. The Morgan fingerprint density at radius 2 is 1.95 bits per heavy atom. The van der Waals surface area contributed by atoms with Gasteiger partial charge in [0.1, 0.15) is 5.75 Å². The van der Waals surface area contributed by atoms with Gasteiger partial charge in [0.2, 0.25) is 0 Å². The van der Waals surface area contributed by atoms with Crippen LogP contribution in [0.15, 0.2) is 42.5 Å². The van der Waals surface area contributed by atoms with Crippen molar-refractivity contribution in [3.05, 3.63) is 58.6 Å². The zero-order valence-corrected chi connectivity index (χ0v) is 11.5. The molecule has 2 aromatic rings. The van der Waals surface area contributed by atoms with Crippen molar-refractivity contribution in [1.29, 1.82) is 0 Å². The smallest absolute Gasteiger partial charge is 0.258 e. The van der Waals surface area contributed by atoms with Gasteiger partial charge in [-0.3, -0.25) is 4.79 Å². The van der Waals surface area contributed by atoms with Gasteiger partial charge in [-0.15, -0.1) is 0 Å². The molecule has 1 amide bonds. The minimum Gasteiger partial charge on any atom is -0.506 e. The van der Waals surface area contributed by atoms with Crippen LogP contribution < -0.4 is 4.90 Å². The Hall–Kier alpha value is -2.00. The van der Waals surface area contributed by atoms with E-state index >= 15 is 0 Å². The highest BCUT2D eigenvalue weighted by atomic mass is 35.5. The van der Waals surface area contributed by atoms with Crippen molar-refractivity contribution in [2.24, 2.45) is 0 Å². The normalized spacial score (nSPS) is 10.3. The first kappa shape index (κ1) is 13.4. The number of halogens is 1. The van der Waals surface area contributed by atoms with E-state index in [1.165, 1.54) is 12.1 Å². The summed E-state index contributed by atoms with van der Waals surface area (Å²) < 4.78 is 0. The van der Waals surface area contributed by atoms with Gasteiger partial charge >= 0.3 is 0 Å². The number of aromatic hydroxyl groups is 1. The van der Waals surface area contributed by atoms with Crippen molar-refractivity contribution < 1.29 is 9.90 Å². The lowest BCUT2D eigenvalue weighted by atomic mass is 10.1. The van der Waals surface area contributed by atoms with E-state index in [0.717, 1.165) is 11.3 Å². The molecule has 0 aliphatic carbocycles. The molecule has 98 valence electrons. The molecule has 0 saturated carbocycles. The van der Waals surface area contributed by atoms with Crippen LogP contribution in [0.3, 0.4) is 0 Å². The van der Waals surface area contributed by atoms with Crippen LogP contribution in [0, 0.1) is 6.92 Å². The summed E-state index contributed by atoms with van der Waals surface area (Å²) in [5.74, 6) is -0.205. The van der Waals surface area contributed by atoms with Crippen LogP contribution in [0.5, 0.6) is 5.75 Å². The van der Waals surface area contributed by atoms with Crippen LogP contribution in [-0.4, -0.2) is 18.1 Å². The van der Waals surface area contributed by atoms with Gasteiger partial charge in [-0.2, -0.15) is 0 Å². The molecular formula is C15H14ClNO2. The lowest BCUT2D eigenvalue weighted by Gasteiger charge is -2.18. The maximum absolute atomic E-state index is 12.3. The topological polar surface area (TPSA) is 40.5 Å². The average molecular weight is 276 g/mol. The summed E-state index contributed by atoms with van der Waals surface area (Å²) in [6.45, 7) is 1.97. The van der Waals surface area contributed by atoms with Crippen molar-refractivity contribution in [2.45, 2.75) is 6.92 Å². The molecule has 0 spiro atoms. The molecule has 19 heavy (non-hydrogen) atoms. The Kier molecular flexibility index (Phi) is 3.76. The Morgan fingerprint density at radius 3 is 2.58 bits per heavy atom. The highest BCUT2D eigenvalue weighted by molar-refractivity contribution is 6.32. The number of nitrogens with zero attached hydrogens (tertiary/aromatic N) is 1. The van der Waals surface area contributed by atoms with Gasteiger partial charge in [0, 0.05) is 18.3 Å². The van der Waals surface area contributed by atoms with Gasteiger partial charge in [-0.05, 0) is 42.8 Å². The molecule has 1 N–H and O–H groups in total. The van der Waals surface area contributed by atoms with Crippen molar-refractivity contribution in [3.63, 3.8) is 0 Å². The number of carbonyl (C=O) groups is 1. The lowest BCUT2D eigenvalue weighted by Crippen LogP contribution is -2.26. The van der Waals surface area contributed by atoms with Crippen LogP contribution in [0.4, 0.5) is 5.69 Å². The number of carbonyl (C=O) groups excluding carboxylic acids is 1. The third kappa shape index (κ3) is 2.88. The van der Waals surface area contributed by atoms with Crippen LogP contribution >= 0.6 is 11.6 Å². The first-order valence-corrected chi connectivity index (χ1v) is 6.20. The number of anilines is 1. The predicted octanol–water partition coefficient (Wildman–Crippen LogP) is 3.63. The zero-order chi connectivity index (χ0) is 14.0. The highest BCUT2D eigenvalue weighted by Gasteiger charge is 2.14. The van der Waals surface area contributed by atoms with E-state index in [9.17, 15) is 9.90 Å². The molecule has 0 atom stereocenters. The average Bonchev–Trinajstić information content (AvgIpc) is 2.40. The molecule has 0 radical (unpaired) electrons. The number of hydrogen-bond acceptors (Lipinski definition) is 2. The number of benzene rings is 2.